The predicted octanol–water partition coefficient (Wildman–Crippen LogP) is 2.70. The molecule has 84 valence electrons. The summed E-state index contributed by atoms with van der Waals surface area (Å²) in [5.74, 6) is 1.26. The third-order valence-corrected chi connectivity index (χ3v) is 3.54. The first kappa shape index (κ1) is 9.97. The molecule has 1 heterocycles. The van der Waals surface area contributed by atoms with Crippen LogP contribution in [0.15, 0.2) is 12.1 Å². The Morgan fingerprint density at radius 1 is 1.19 bits per heavy atom. The summed E-state index contributed by atoms with van der Waals surface area (Å²) < 4.78 is 11.4. The van der Waals surface area contributed by atoms with Crippen molar-refractivity contribution in [2.75, 3.05) is 13.2 Å². The van der Waals surface area contributed by atoms with Crippen molar-refractivity contribution < 1.29 is 14.3 Å². The fraction of sp³-hybridized carbons (Fsp3) is 0.417. The van der Waals surface area contributed by atoms with Gasteiger partial charge in [0.25, 0.3) is 0 Å². The van der Waals surface area contributed by atoms with Crippen molar-refractivity contribution in [2.24, 2.45) is 5.41 Å². The SMILES string of the molecule is O=Cc1cc2c(cc1Cl)OCC1(CC1)CO2. The van der Waals surface area contributed by atoms with E-state index in [1.165, 1.54) is 0 Å². The molecule has 1 aliphatic heterocycles. The van der Waals surface area contributed by atoms with Crippen molar-refractivity contribution >= 4 is 17.9 Å². The number of fused-ring (bicyclic) bond motifs is 1. The molecule has 1 spiro atoms. The summed E-state index contributed by atoms with van der Waals surface area (Å²) in [4.78, 5) is 10.8. The van der Waals surface area contributed by atoms with Crippen LogP contribution in [-0.2, 0) is 0 Å². The van der Waals surface area contributed by atoms with Crippen molar-refractivity contribution in [3.05, 3.63) is 22.7 Å². The highest BCUT2D eigenvalue weighted by Crippen LogP contribution is 2.49. The second-order valence-corrected chi connectivity index (χ2v) is 4.92. The molecule has 0 bridgehead atoms. The summed E-state index contributed by atoms with van der Waals surface area (Å²) in [6.45, 7) is 1.34. The van der Waals surface area contributed by atoms with Crippen LogP contribution in [0.25, 0.3) is 0 Å². The van der Waals surface area contributed by atoms with Crippen LogP contribution >= 0.6 is 11.6 Å². The van der Waals surface area contributed by atoms with Crippen molar-refractivity contribution in [1.29, 1.82) is 0 Å². The van der Waals surface area contributed by atoms with Crippen LogP contribution in [0.3, 0.4) is 0 Å². The number of aldehydes is 1. The quantitative estimate of drug-likeness (QED) is 0.706. The molecular formula is C12H11ClO3. The summed E-state index contributed by atoms with van der Waals surface area (Å²) >= 11 is 5.93. The molecule has 4 heteroatoms. The zero-order valence-electron chi connectivity index (χ0n) is 8.66. The summed E-state index contributed by atoms with van der Waals surface area (Å²) in [7, 11) is 0. The number of benzene rings is 1. The number of rotatable bonds is 1. The van der Waals surface area contributed by atoms with Crippen LogP contribution in [0.1, 0.15) is 23.2 Å². The largest absolute Gasteiger partial charge is 0.489 e. The molecule has 2 aliphatic rings. The van der Waals surface area contributed by atoms with Gasteiger partial charge in [-0.05, 0) is 18.9 Å². The minimum Gasteiger partial charge on any atom is -0.489 e. The number of hydrogen-bond donors (Lipinski definition) is 0. The smallest absolute Gasteiger partial charge is 0.162 e. The van der Waals surface area contributed by atoms with E-state index >= 15 is 0 Å². The molecule has 1 saturated carbocycles. The minimum absolute atomic E-state index is 0.201. The minimum atomic E-state index is 0.201. The zero-order valence-corrected chi connectivity index (χ0v) is 9.42. The third-order valence-electron chi connectivity index (χ3n) is 3.21. The van der Waals surface area contributed by atoms with Crippen molar-refractivity contribution in [3.8, 4) is 11.5 Å². The lowest BCUT2D eigenvalue weighted by Crippen LogP contribution is -2.17. The molecule has 0 unspecified atom stereocenters. The molecule has 3 nitrogen and oxygen atoms in total. The summed E-state index contributed by atoms with van der Waals surface area (Å²) in [5, 5.41) is 0.407. The van der Waals surface area contributed by atoms with E-state index in [-0.39, 0.29) is 5.41 Å². The van der Waals surface area contributed by atoms with Crippen molar-refractivity contribution in [2.45, 2.75) is 12.8 Å². The number of carbonyl (C=O) groups excluding carboxylic acids is 1. The lowest BCUT2D eigenvalue weighted by molar-refractivity contribution is 0.112. The fourth-order valence-electron chi connectivity index (χ4n) is 1.84. The van der Waals surface area contributed by atoms with E-state index in [0.717, 1.165) is 19.1 Å². The molecule has 0 aromatic heterocycles. The van der Waals surface area contributed by atoms with E-state index in [1.807, 2.05) is 0 Å². The number of ether oxygens (including phenoxy) is 2. The van der Waals surface area contributed by atoms with Gasteiger partial charge in [0.1, 0.15) is 0 Å². The Bertz CT molecular complexity index is 452. The first-order chi connectivity index (χ1) is 7.72. The van der Waals surface area contributed by atoms with E-state index in [2.05, 4.69) is 0 Å². The van der Waals surface area contributed by atoms with Crippen LogP contribution in [0, 0.1) is 5.41 Å². The molecule has 1 fully saturated rings. The highest BCUT2D eigenvalue weighted by molar-refractivity contribution is 6.33. The maximum atomic E-state index is 10.8. The van der Waals surface area contributed by atoms with Gasteiger partial charge in [-0.25, -0.2) is 0 Å². The average Bonchev–Trinajstić information content (AvgIpc) is 3.07. The second-order valence-electron chi connectivity index (χ2n) is 4.52. The van der Waals surface area contributed by atoms with E-state index in [1.54, 1.807) is 12.1 Å². The molecule has 0 N–H and O–H groups in total. The van der Waals surface area contributed by atoms with Crippen molar-refractivity contribution in [1.82, 2.24) is 0 Å². The normalized spacial score (nSPS) is 20.3. The maximum absolute atomic E-state index is 10.8. The third kappa shape index (κ3) is 1.55. The van der Waals surface area contributed by atoms with Gasteiger partial charge in [-0.15, -0.1) is 0 Å². The van der Waals surface area contributed by atoms with E-state index in [9.17, 15) is 4.79 Å². The standard InChI is InChI=1S/C12H11ClO3/c13-9-4-11-10(3-8(9)5-14)15-6-12(1-2-12)7-16-11/h3-5H,1-2,6-7H2. The average molecular weight is 239 g/mol. The predicted molar refractivity (Wildman–Crippen MR) is 59.5 cm³/mol. The van der Waals surface area contributed by atoms with Gasteiger partial charge in [-0.1, -0.05) is 11.6 Å². The van der Waals surface area contributed by atoms with Gasteiger partial charge in [0.15, 0.2) is 17.8 Å². The molecule has 1 aromatic carbocycles. The first-order valence-electron chi connectivity index (χ1n) is 5.27. The Hall–Kier alpha value is -1.22. The monoisotopic (exact) mass is 238 g/mol. The summed E-state index contributed by atoms with van der Waals surface area (Å²) in [6, 6.07) is 3.30. The zero-order chi connectivity index (χ0) is 11.2. The highest BCUT2D eigenvalue weighted by Gasteiger charge is 2.46. The lowest BCUT2D eigenvalue weighted by atomic mass is 10.1. The molecule has 0 saturated heterocycles. The van der Waals surface area contributed by atoms with Gasteiger partial charge in [0, 0.05) is 17.0 Å². The van der Waals surface area contributed by atoms with E-state index in [4.69, 9.17) is 21.1 Å². The number of halogens is 1. The Kier molecular flexibility index (Phi) is 2.11. The van der Waals surface area contributed by atoms with Gasteiger partial charge in [0.2, 0.25) is 0 Å². The van der Waals surface area contributed by atoms with Gasteiger partial charge in [-0.3, -0.25) is 4.79 Å². The molecule has 0 atom stereocenters. The lowest BCUT2D eigenvalue weighted by Gasteiger charge is -2.08. The van der Waals surface area contributed by atoms with Crippen LogP contribution in [-0.4, -0.2) is 19.5 Å². The Morgan fingerprint density at radius 2 is 1.81 bits per heavy atom. The first-order valence-corrected chi connectivity index (χ1v) is 5.65. The van der Waals surface area contributed by atoms with Gasteiger partial charge in [0.05, 0.1) is 18.2 Å². The number of carbonyl (C=O) groups is 1. The molecule has 1 aromatic rings. The van der Waals surface area contributed by atoms with Crippen LogP contribution in [0.2, 0.25) is 5.02 Å². The molecule has 1 aliphatic carbocycles. The van der Waals surface area contributed by atoms with Gasteiger partial charge in [-0.2, -0.15) is 0 Å². The van der Waals surface area contributed by atoms with E-state index in [0.29, 0.717) is 35.3 Å². The second kappa shape index (κ2) is 3.39. The van der Waals surface area contributed by atoms with Crippen molar-refractivity contribution in [3.63, 3.8) is 0 Å². The number of hydrogen-bond acceptors (Lipinski definition) is 3. The molecule has 0 radical (unpaired) electrons. The Balaban J connectivity index is 1.97. The summed E-state index contributed by atoms with van der Waals surface area (Å²) in [5.41, 5.74) is 0.642. The van der Waals surface area contributed by atoms with Gasteiger partial charge >= 0.3 is 0 Å². The van der Waals surface area contributed by atoms with Crippen LogP contribution < -0.4 is 9.47 Å². The van der Waals surface area contributed by atoms with Gasteiger partial charge < -0.3 is 9.47 Å². The maximum Gasteiger partial charge on any atom is 0.162 e. The topological polar surface area (TPSA) is 35.5 Å². The molecule has 3 rings (SSSR count). The molecule has 0 amide bonds. The van der Waals surface area contributed by atoms with Crippen LogP contribution in [0.5, 0.6) is 11.5 Å². The Labute approximate surface area is 98.3 Å². The Morgan fingerprint density at radius 3 is 2.38 bits per heavy atom. The fourth-order valence-corrected chi connectivity index (χ4v) is 2.03. The summed E-state index contributed by atoms with van der Waals surface area (Å²) in [6.07, 6.45) is 3.02. The van der Waals surface area contributed by atoms with E-state index < -0.39 is 0 Å². The molecule has 16 heavy (non-hydrogen) atoms. The highest BCUT2D eigenvalue weighted by atomic mass is 35.5. The van der Waals surface area contributed by atoms with Crippen LogP contribution in [0.4, 0.5) is 0 Å². The molecular weight excluding hydrogens is 228 g/mol.